The van der Waals surface area contributed by atoms with Crippen molar-refractivity contribution in [2.24, 2.45) is 5.41 Å². The number of carbonyl (C=O) groups excluding carboxylic acids is 1. The number of hydrogen-bond donors (Lipinski definition) is 1. The third-order valence-electron chi connectivity index (χ3n) is 3.80. The summed E-state index contributed by atoms with van der Waals surface area (Å²) in [5.74, 6) is 0.287. The molecule has 1 heterocycles. The van der Waals surface area contributed by atoms with Crippen LogP contribution in [0.15, 0.2) is 0 Å². The van der Waals surface area contributed by atoms with Gasteiger partial charge in [0.15, 0.2) is 0 Å². The van der Waals surface area contributed by atoms with Crippen molar-refractivity contribution in [3.05, 3.63) is 0 Å². The Hall–Kier alpha value is -0.570. The van der Waals surface area contributed by atoms with Gasteiger partial charge >= 0.3 is 0 Å². The fourth-order valence-electron chi connectivity index (χ4n) is 2.27. The molecule has 0 aromatic heterocycles. The third kappa shape index (κ3) is 2.97. The van der Waals surface area contributed by atoms with E-state index in [0.29, 0.717) is 6.04 Å². The SMILES string of the molecule is CCC(C)(C)C(=O)N1CCCC1CCCO. The Morgan fingerprint density at radius 2 is 2.19 bits per heavy atom. The van der Waals surface area contributed by atoms with Crippen LogP contribution in [0, 0.1) is 5.41 Å². The first kappa shape index (κ1) is 13.5. The first-order valence-electron chi connectivity index (χ1n) is 6.45. The number of nitrogens with zero attached hydrogens (tertiary/aromatic N) is 1. The molecule has 3 heteroatoms. The quantitative estimate of drug-likeness (QED) is 0.782. The first-order chi connectivity index (χ1) is 7.53. The number of aliphatic hydroxyl groups is 1. The van der Waals surface area contributed by atoms with E-state index in [-0.39, 0.29) is 17.9 Å². The molecule has 1 unspecified atom stereocenters. The zero-order valence-corrected chi connectivity index (χ0v) is 10.8. The third-order valence-corrected chi connectivity index (χ3v) is 3.80. The molecule has 1 saturated heterocycles. The number of amides is 1. The number of hydrogen-bond acceptors (Lipinski definition) is 2. The highest BCUT2D eigenvalue weighted by atomic mass is 16.3. The summed E-state index contributed by atoms with van der Waals surface area (Å²) < 4.78 is 0. The largest absolute Gasteiger partial charge is 0.396 e. The molecule has 0 aromatic carbocycles. The minimum atomic E-state index is -0.234. The van der Waals surface area contributed by atoms with Crippen LogP contribution < -0.4 is 0 Å². The van der Waals surface area contributed by atoms with Crippen LogP contribution in [-0.2, 0) is 4.79 Å². The van der Waals surface area contributed by atoms with E-state index in [1.54, 1.807) is 0 Å². The minimum absolute atomic E-state index is 0.232. The van der Waals surface area contributed by atoms with Crippen molar-refractivity contribution in [1.82, 2.24) is 4.90 Å². The van der Waals surface area contributed by atoms with Gasteiger partial charge in [0.2, 0.25) is 5.91 Å². The van der Waals surface area contributed by atoms with Crippen LogP contribution in [0.5, 0.6) is 0 Å². The Morgan fingerprint density at radius 3 is 2.75 bits per heavy atom. The highest BCUT2D eigenvalue weighted by molar-refractivity contribution is 5.82. The van der Waals surface area contributed by atoms with Gasteiger partial charge in [0.05, 0.1) is 0 Å². The smallest absolute Gasteiger partial charge is 0.228 e. The summed E-state index contributed by atoms with van der Waals surface area (Å²) in [6.45, 7) is 7.25. The molecule has 1 rings (SSSR count). The van der Waals surface area contributed by atoms with Crippen molar-refractivity contribution < 1.29 is 9.90 Å². The maximum Gasteiger partial charge on any atom is 0.228 e. The lowest BCUT2D eigenvalue weighted by Crippen LogP contribution is -2.43. The molecule has 0 radical (unpaired) electrons. The van der Waals surface area contributed by atoms with Gasteiger partial charge in [-0.05, 0) is 32.1 Å². The monoisotopic (exact) mass is 227 g/mol. The highest BCUT2D eigenvalue weighted by Gasteiger charge is 2.36. The van der Waals surface area contributed by atoms with Crippen LogP contribution in [0.2, 0.25) is 0 Å². The Kier molecular flexibility index (Phi) is 4.78. The summed E-state index contributed by atoms with van der Waals surface area (Å²) in [7, 11) is 0. The van der Waals surface area contributed by atoms with Crippen molar-refractivity contribution in [2.75, 3.05) is 13.2 Å². The van der Waals surface area contributed by atoms with Crippen molar-refractivity contribution >= 4 is 5.91 Å². The fourth-order valence-corrected chi connectivity index (χ4v) is 2.27. The standard InChI is InChI=1S/C13H25NO2/c1-4-13(2,3)12(16)14-9-5-7-11(14)8-6-10-15/h11,15H,4-10H2,1-3H3. The molecule has 0 spiro atoms. The second-order valence-electron chi connectivity index (χ2n) is 5.40. The molecule has 1 aliphatic heterocycles. The van der Waals surface area contributed by atoms with Crippen LogP contribution in [0.25, 0.3) is 0 Å². The summed E-state index contributed by atoms with van der Waals surface area (Å²) in [4.78, 5) is 14.4. The second-order valence-corrected chi connectivity index (χ2v) is 5.40. The molecule has 0 aliphatic carbocycles. The fraction of sp³-hybridized carbons (Fsp3) is 0.923. The average Bonchev–Trinajstić information content (AvgIpc) is 2.73. The summed E-state index contributed by atoms with van der Waals surface area (Å²) in [6, 6.07) is 0.366. The lowest BCUT2D eigenvalue weighted by Gasteiger charge is -2.32. The van der Waals surface area contributed by atoms with Gasteiger partial charge in [-0.1, -0.05) is 20.8 Å². The van der Waals surface area contributed by atoms with Crippen molar-refractivity contribution in [3.8, 4) is 0 Å². The van der Waals surface area contributed by atoms with E-state index in [2.05, 4.69) is 6.92 Å². The lowest BCUT2D eigenvalue weighted by molar-refractivity contribution is -0.141. The van der Waals surface area contributed by atoms with Gasteiger partial charge in [-0.25, -0.2) is 0 Å². The van der Waals surface area contributed by atoms with Gasteiger partial charge in [0, 0.05) is 24.6 Å². The topological polar surface area (TPSA) is 40.5 Å². The zero-order valence-electron chi connectivity index (χ0n) is 10.8. The van der Waals surface area contributed by atoms with E-state index in [9.17, 15) is 4.79 Å². The number of likely N-dealkylation sites (tertiary alicyclic amines) is 1. The molecule has 1 amide bonds. The molecule has 1 N–H and O–H groups in total. The predicted octanol–water partition coefficient (Wildman–Crippen LogP) is 2.19. The lowest BCUT2D eigenvalue weighted by atomic mass is 9.88. The molecule has 94 valence electrons. The van der Waals surface area contributed by atoms with Crippen LogP contribution in [0.3, 0.4) is 0 Å². The van der Waals surface area contributed by atoms with Gasteiger partial charge in [-0.15, -0.1) is 0 Å². The second kappa shape index (κ2) is 5.67. The van der Waals surface area contributed by atoms with Gasteiger partial charge in [0.25, 0.3) is 0 Å². The minimum Gasteiger partial charge on any atom is -0.396 e. The van der Waals surface area contributed by atoms with Gasteiger partial charge in [0.1, 0.15) is 0 Å². The first-order valence-corrected chi connectivity index (χ1v) is 6.45. The summed E-state index contributed by atoms with van der Waals surface area (Å²) in [5, 5.41) is 8.85. The predicted molar refractivity (Wildman–Crippen MR) is 65.1 cm³/mol. The van der Waals surface area contributed by atoms with Crippen molar-refractivity contribution in [1.29, 1.82) is 0 Å². The summed E-state index contributed by atoms with van der Waals surface area (Å²) in [6.07, 6.45) is 4.85. The number of rotatable bonds is 5. The van der Waals surface area contributed by atoms with E-state index in [4.69, 9.17) is 5.11 Å². The number of carbonyl (C=O) groups is 1. The highest BCUT2D eigenvalue weighted by Crippen LogP contribution is 2.29. The maximum absolute atomic E-state index is 12.3. The Bertz CT molecular complexity index is 238. The van der Waals surface area contributed by atoms with E-state index < -0.39 is 0 Å². The van der Waals surface area contributed by atoms with Crippen LogP contribution in [0.4, 0.5) is 0 Å². The van der Waals surface area contributed by atoms with Gasteiger partial charge < -0.3 is 10.0 Å². The molecule has 0 bridgehead atoms. The van der Waals surface area contributed by atoms with Crippen LogP contribution >= 0.6 is 0 Å². The summed E-state index contributed by atoms with van der Waals surface area (Å²) >= 11 is 0. The molecular weight excluding hydrogens is 202 g/mol. The Morgan fingerprint density at radius 1 is 1.50 bits per heavy atom. The van der Waals surface area contributed by atoms with Crippen molar-refractivity contribution in [3.63, 3.8) is 0 Å². The van der Waals surface area contributed by atoms with E-state index in [1.807, 2.05) is 18.7 Å². The molecule has 0 aromatic rings. The molecule has 0 saturated carbocycles. The normalized spacial score (nSPS) is 21.5. The Balaban J connectivity index is 2.60. The molecule has 16 heavy (non-hydrogen) atoms. The van der Waals surface area contributed by atoms with E-state index in [0.717, 1.165) is 38.6 Å². The average molecular weight is 227 g/mol. The molecule has 1 aliphatic rings. The Labute approximate surface area is 98.8 Å². The molecule has 1 fully saturated rings. The van der Waals surface area contributed by atoms with Gasteiger partial charge in [-0.2, -0.15) is 0 Å². The molecular formula is C13H25NO2. The van der Waals surface area contributed by atoms with E-state index >= 15 is 0 Å². The molecule has 3 nitrogen and oxygen atoms in total. The molecule has 1 atom stereocenters. The van der Waals surface area contributed by atoms with Crippen LogP contribution in [0.1, 0.15) is 52.9 Å². The summed E-state index contributed by atoms with van der Waals surface area (Å²) in [5.41, 5.74) is -0.234. The van der Waals surface area contributed by atoms with Gasteiger partial charge in [-0.3, -0.25) is 4.79 Å². The van der Waals surface area contributed by atoms with E-state index in [1.165, 1.54) is 0 Å². The maximum atomic E-state index is 12.3. The van der Waals surface area contributed by atoms with Crippen LogP contribution in [-0.4, -0.2) is 35.1 Å². The van der Waals surface area contributed by atoms with Crippen molar-refractivity contribution in [2.45, 2.75) is 58.9 Å². The zero-order chi connectivity index (χ0) is 12.2. The number of aliphatic hydroxyl groups excluding tert-OH is 1.